The average Bonchev–Trinajstić information content (AvgIpc) is 4.04. The number of aryl methyl sites for hydroxylation is 3. The van der Waals surface area contributed by atoms with Crippen molar-refractivity contribution in [2.45, 2.75) is 92.8 Å². The van der Waals surface area contributed by atoms with Crippen molar-refractivity contribution in [3.63, 3.8) is 0 Å². The molecular weight excluding hydrogens is 1160 g/mol. The number of primary amides is 1. The first kappa shape index (κ1) is 73.1. The van der Waals surface area contributed by atoms with Crippen LogP contribution in [0.5, 0.6) is 0 Å². The van der Waals surface area contributed by atoms with Crippen molar-refractivity contribution in [2.24, 2.45) is 16.0 Å². The van der Waals surface area contributed by atoms with E-state index in [0.717, 1.165) is 64.8 Å². The molecule has 72 heavy (non-hydrogen) atoms. The van der Waals surface area contributed by atoms with Gasteiger partial charge in [0.1, 0.15) is 18.8 Å². The first-order chi connectivity index (χ1) is 31.0. The number of rotatable bonds is 18. The first-order valence-electron chi connectivity index (χ1n) is 19.5. The average molecular weight is 1230 g/mol. The van der Waals surface area contributed by atoms with E-state index >= 15 is 17.6 Å². The van der Waals surface area contributed by atoms with E-state index in [9.17, 15) is 36.7 Å². The lowest BCUT2D eigenvalue weighted by molar-refractivity contribution is -0.166. The fraction of sp³-hybridized carbons (Fsp3) is 0.475. The number of hydrogen-bond acceptors (Lipinski definition) is 11. The fourth-order valence-electron chi connectivity index (χ4n) is 6.26. The van der Waals surface area contributed by atoms with Crippen molar-refractivity contribution >= 4 is 89.7 Å². The zero-order valence-electron chi connectivity index (χ0n) is 42.0. The summed E-state index contributed by atoms with van der Waals surface area (Å²) in [5, 5.41) is 11.1. The lowest BCUT2D eigenvalue weighted by Crippen LogP contribution is -2.54. The smallest absolute Gasteiger partial charge is 0.369 e. The van der Waals surface area contributed by atoms with E-state index in [1.807, 2.05) is 0 Å². The van der Waals surface area contributed by atoms with E-state index in [-0.39, 0.29) is 58.0 Å². The number of halogens is 11. The van der Waals surface area contributed by atoms with Crippen molar-refractivity contribution in [2.75, 3.05) is 28.4 Å². The summed E-state index contributed by atoms with van der Waals surface area (Å²) in [6.07, 6.45) is -5.80. The molecule has 1 aliphatic rings. The Labute approximate surface area is 437 Å². The van der Waals surface area contributed by atoms with Crippen LogP contribution in [0.15, 0.2) is 64.8 Å². The number of quaternary nitrogens is 4. The second-order valence-corrected chi connectivity index (χ2v) is 33.6. The SMILES string of the molecule is COP(=O)(OC)C(F)(F)c1ccc(C[C@H](NC(=O)[C@H](Cc2ccc(C(F)(F)P(=O)(OC)OC)c(C)c2)NC(=O)c2cc(C)cc(C3(C(F)(F)F)N=N3)c2)C(N)=O)cc1C.C[Si](C)(C)Br.ClC(Cl)Cl.[NH4+].[NH4+].[NH4+].[NH4+]. The first-order valence-corrected chi connectivity index (χ1v) is 29.7. The van der Waals surface area contributed by atoms with E-state index in [2.05, 4.69) is 73.9 Å². The Morgan fingerprint density at radius 2 is 1.06 bits per heavy atom. The molecule has 0 fully saturated rings. The molecule has 1 aliphatic heterocycles. The molecular formula is C40H66BrCl3F7N9O9P2Si+4. The number of nitrogens with two attached hydrogens (primary N) is 1. The fourth-order valence-corrected chi connectivity index (χ4v) is 8.57. The van der Waals surface area contributed by atoms with Gasteiger partial charge in [0.25, 0.3) is 5.91 Å². The zero-order valence-corrected chi connectivity index (χ0v) is 48.7. The maximum absolute atomic E-state index is 15.3. The summed E-state index contributed by atoms with van der Waals surface area (Å²) in [5.74, 6) is -3.26. The van der Waals surface area contributed by atoms with Crippen molar-refractivity contribution in [3.8, 4) is 0 Å². The summed E-state index contributed by atoms with van der Waals surface area (Å²) in [6, 6.07) is 6.52. The highest BCUT2D eigenvalue weighted by molar-refractivity contribution is 9.26. The number of amides is 3. The van der Waals surface area contributed by atoms with Gasteiger partial charge < -0.3 is 59.1 Å². The van der Waals surface area contributed by atoms with Crippen LogP contribution in [-0.4, -0.2) is 75.4 Å². The van der Waals surface area contributed by atoms with E-state index < -0.39 is 109 Å². The van der Waals surface area contributed by atoms with Gasteiger partial charge in [0.15, 0.2) is 4.30 Å². The van der Waals surface area contributed by atoms with Gasteiger partial charge in [-0.2, -0.15) is 30.7 Å². The van der Waals surface area contributed by atoms with Crippen LogP contribution < -0.4 is 41.0 Å². The quantitative estimate of drug-likeness (QED) is 0.0209. The van der Waals surface area contributed by atoms with Gasteiger partial charge in [0, 0.05) is 63.5 Å². The normalized spacial score (nSPS) is 13.9. The van der Waals surface area contributed by atoms with Crippen LogP contribution in [-0.2, 0) is 66.6 Å². The van der Waals surface area contributed by atoms with Gasteiger partial charge >= 0.3 is 38.4 Å². The number of hydrogen-bond donors (Lipinski definition) is 7. The van der Waals surface area contributed by atoms with Crippen molar-refractivity contribution in [1.82, 2.24) is 35.2 Å². The maximum atomic E-state index is 15.3. The molecule has 20 N–H and O–H groups in total. The Kier molecular flexibility index (Phi) is 29.1. The molecule has 0 spiro atoms. The molecule has 0 radical (unpaired) electrons. The van der Waals surface area contributed by atoms with Crippen LogP contribution >= 0.6 is 65.3 Å². The molecule has 32 heteroatoms. The molecule has 0 saturated heterocycles. The van der Waals surface area contributed by atoms with Gasteiger partial charge in [0.2, 0.25) is 11.8 Å². The summed E-state index contributed by atoms with van der Waals surface area (Å²) in [7, 11) is -6.80. The third-order valence-electron chi connectivity index (χ3n) is 9.48. The minimum Gasteiger partial charge on any atom is -0.369 e. The molecule has 0 unspecified atom stereocenters. The van der Waals surface area contributed by atoms with Crippen LogP contribution in [0.1, 0.15) is 54.9 Å². The monoisotopic (exact) mass is 1220 g/mol. The number of nitrogens with one attached hydrogen (secondary N) is 2. The Hall–Kier alpha value is -3.11. The second-order valence-electron chi connectivity index (χ2n) is 15.8. The van der Waals surface area contributed by atoms with Crippen LogP contribution in [0.4, 0.5) is 30.7 Å². The number of alkyl halides is 10. The molecule has 0 aromatic heterocycles. The highest BCUT2D eigenvalue weighted by Crippen LogP contribution is 2.67. The molecule has 0 aliphatic carbocycles. The van der Waals surface area contributed by atoms with Crippen molar-refractivity contribution < 1.29 is 72.3 Å². The Balaban J connectivity index is -0.00000336. The van der Waals surface area contributed by atoms with Gasteiger partial charge in [-0.1, -0.05) is 96.9 Å². The third kappa shape index (κ3) is 18.6. The van der Waals surface area contributed by atoms with Crippen LogP contribution in [0.3, 0.4) is 0 Å². The Bertz CT molecular complexity index is 2420. The second kappa shape index (κ2) is 28.7. The predicted octanol–water partition coefficient (Wildman–Crippen LogP) is 13.1. The zero-order chi connectivity index (χ0) is 52.6. The molecule has 412 valence electrons. The standard InChI is InChI=1S/C36H40F7N5O9P2.C3H9BrSi.CHCl3.4H3N/c1-19-12-24(18-25(13-19)33(47-48-33)36(41,42)43)31(50)46-29(17-23-9-11-27(21(3)15-23)35(39,40)59(53,56-6)57-7)32(51)45-28(30(44)49)16-22-8-10-26(20(2)14-22)34(37,38)58(52,54-4)55-5;1-5(2,3)4;2-1(3)4;;;;/h8-15,18,28-29H,16-17H2,1-7H3,(H2,44,49)(H,45,51)(H,46,50);1-3H3;1H;4*1H3/p+4/t28-,29-;;;;;;/m0....../s1. The molecule has 3 aromatic rings. The van der Waals surface area contributed by atoms with Gasteiger partial charge in [-0.25, -0.2) is 0 Å². The number of carbonyl (C=O) groups is 3. The largest absolute Gasteiger partial charge is 0.442 e. The summed E-state index contributed by atoms with van der Waals surface area (Å²) < 4.78 is 145. The van der Waals surface area contributed by atoms with Crippen LogP contribution in [0.2, 0.25) is 19.6 Å². The van der Waals surface area contributed by atoms with E-state index in [0.29, 0.717) is 0 Å². The van der Waals surface area contributed by atoms with E-state index in [1.54, 1.807) is 0 Å². The molecule has 3 amide bonds. The minimum atomic E-state index is -4.99. The minimum absolute atomic E-state index is 0. The Morgan fingerprint density at radius 3 is 1.36 bits per heavy atom. The van der Waals surface area contributed by atoms with Crippen LogP contribution in [0, 0.1) is 20.8 Å². The molecule has 1 heterocycles. The highest BCUT2D eigenvalue weighted by Gasteiger charge is 2.65. The molecule has 0 saturated carbocycles. The van der Waals surface area contributed by atoms with Gasteiger partial charge in [-0.3, -0.25) is 23.5 Å². The molecule has 18 nitrogen and oxygen atoms in total. The number of carbonyl (C=O) groups excluding carboxylic acids is 3. The molecule has 2 atom stereocenters. The maximum Gasteiger partial charge on any atom is 0.442 e. The van der Waals surface area contributed by atoms with Crippen molar-refractivity contribution in [3.05, 3.63) is 105 Å². The van der Waals surface area contributed by atoms with Gasteiger partial charge in [-0.15, -0.1) is 25.5 Å². The third-order valence-corrected chi connectivity index (χ3v) is 13.3. The van der Waals surface area contributed by atoms with Crippen molar-refractivity contribution in [1.29, 1.82) is 0 Å². The lowest BCUT2D eigenvalue weighted by atomic mass is 9.96. The van der Waals surface area contributed by atoms with Gasteiger partial charge in [-0.05, 0) is 60.7 Å². The summed E-state index contributed by atoms with van der Waals surface area (Å²) in [4.78, 5) is 40.3. The topological polar surface area (TPSA) is 343 Å². The summed E-state index contributed by atoms with van der Waals surface area (Å²) in [5.41, 5.74) is -7.51. The van der Waals surface area contributed by atoms with Gasteiger partial charge in [0.05, 0.1) is 0 Å². The molecule has 3 aromatic carbocycles. The van der Waals surface area contributed by atoms with E-state index in [4.69, 9.17) is 40.5 Å². The highest BCUT2D eigenvalue weighted by atomic mass is 79.9. The summed E-state index contributed by atoms with van der Waals surface area (Å²) in [6.45, 7) is 9.84. The summed E-state index contributed by atoms with van der Waals surface area (Å²) >= 11 is 17.9. The number of benzene rings is 3. The Morgan fingerprint density at radius 1 is 0.694 bits per heavy atom. The predicted molar refractivity (Wildman–Crippen MR) is 275 cm³/mol. The molecule has 0 bridgehead atoms. The number of nitrogens with zero attached hydrogens (tertiary/aromatic N) is 2. The van der Waals surface area contributed by atoms with E-state index in [1.165, 1.54) is 39.0 Å². The molecule has 4 rings (SSSR count). The van der Waals surface area contributed by atoms with Crippen LogP contribution in [0.25, 0.3) is 0 Å². The lowest BCUT2D eigenvalue weighted by Gasteiger charge is -2.26.